The molecule has 2 aromatic rings. The van der Waals surface area contributed by atoms with Crippen LogP contribution < -0.4 is 11.1 Å². The van der Waals surface area contributed by atoms with Crippen LogP contribution in [0.2, 0.25) is 0 Å². The number of carbonyl (C=O) groups is 3. The second-order valence-electron chi connectivity index (χ2n) is 6.24. The number of morpholine rings is 1. The maximum atomic E-state index is 13.1. The van der Waals surface area contributed by atoms with E-state index in [1.165, 1.54) is 16.2 Å². The summed E-state index contributed by atoms with van der Waals surface area (Å²) in [6.07, 6.45) is -0.469. The number of hydrogen-bond donors (Lipinski definition) is 2. The van der Waals surface area contributed by atoms with Crippen molar-refractivity contribution in [2.24, 2.45) is 5.73 Å². The Balaban J connectivity index is 1.76. The summed E-state index contributed by atoms with van der Waals surface area (Å²) in [5.74, 6) is -1.15. The molecule has 1 saturated heterocycles. The number of nitrogens with one attached hydrogen (secondary N) is 1. The number of nitrogens with two attached hydrogens (primary N) is 1. The topological polar surface area (TPSA) is 102 Å². The van der Waals surface area contributed by atoms with Crippen LogP contribution in [0.5, 0.6) is 0 Å². The standard InChI is InChI=1S/C19H21N3O4S/c20-17(23)15-12-22(8-9-26-15)19(25)14(11-13-5-2-1-3-6-13)21-18(24)16-7-4-10-27-16/h1-7,10,14-15H,8-9,11-12H2,(H2,20,23)(H,21,24). The number of amides is 3. The van der Waals surface area contributed by atoms with Gasteiger partial charge >= 0.3 is 0 Å². The zero-order chi connectivity index (χ0) is 19.2. The first-order valence-electron chi connectivity index (χ1n) is 8.62. The highest BCUT2D eigenvalue weighted by molar-refractivity contribution is 7.12. The van der Waals surface area contributed by atoms with Crippen LogP contribution in [0, 0.1) is 0 Å². The molecule has 1 aliphatic heterocycles. The van der Waals surface area contributed by atoms with Crippen molar-refractivity contribution >= 4 is 29.1 Å². The Morgan fingerprint density at radius 3 is 2.67 bits per heavy atom. The lowest BCUT2D eigenvalue weighted by Crippen LogP contribution is -2.56. The highest BCUT2D eigenvalue weighted by Crippen LogP contribution is 2.13. The summed E-state index contributed by atoms with van der Waals surface area (Å²) >= 11 is 1.31. The molecule has 0 aliphatic carbocycles. The molecule has 0 radical (unpaired) electrons. The fourth-order valence-electron chi connectivity index (χ4n) is 2.93. The summed E-state index contributed by atoms with van der Waals surface area (Å²) in [5, 5.41) is 4.64. The molecule has 3 N–H and O–H groups in total. The molecule has 2 unspecified atom stereocenters. The smallest absolute Gasteiger partial charge is 0.262 e. The van der Waals surface area contributed by atoms with Crippen LogP contribution in [-0.2, 0) is 20.7 Å². The number of hydrogen-bond acceptors (Lipinski definition) is 5. The van der Waals surface area contributed by atoms with Gasteiger partial charge in [-0.1, -0.05) is 36.4 Å². The third-order valence-corrected chi connectivity index (χ3v) is 5.20. The van der Waals surface area contributed by atoms with Gasteiger partial charge < -0.3 is 20.7 Å². The number of benzene rings is 1. The van der Waals surface area contributed by atoms with Crippen LogP contribution in [-0.4, -0.2) is 54.5 Å². The molecule has 2 heterocycles. The normalized spacial score (nSPS) is 17.9. The average Bonchev–Trinajstić information content (AvgIpc) is 3.23. The van der Waals surface area contributed by atoms with Crippen molar-refractivity contribution in [3.8, 4) is 0 Å². The van der Waals surface area contributed by atoms with Crippen LogP contribution in [0.4, 0.5) is 0 Å². The van der Waals surface area contributed by atoms with Gasteiger partial charge in [-0.05, 0) is 17.0 Å². The molecule has 1 aromatic carbocycles. The van der Waals surface area contributed by atoms with E-state index < -0.39 is 18.1 Å². The van der Waals surface area contributed by atoms with E-state index in [-0.39, 0.29) is 25.0 Å². The molecule has 3 amide bonds. The number of ether oxygens (including phenoxy) is 1. The summed E-state index contributed by atoms with van der Waals surface area (Å²) in [4.78, 5) is 39.1. The number of primary amides is 1. The molecule has 0 saturated carbocycles. The zero-order valence-corrected chi connectivity index (χ0v) is 15.5. The molecule has 0 spiro atoms. The van der Waals surface area contributed by atoms with Crippen LogP contribution in [0.15, 0.2) is 47.8 Å². The van der Waals surface area contributed by atoms with Gasteiger partial charge in [0.05, 0.1) is 18.0 Å². The predicted molar refractivity (Wildman–Crippen MR) is 101 cm³/mol. The Bertz CT molecular complexity index is 795. The van der Waals surface area contributed by atoms with E-state index >= 15 is 0 Å². The minimum Gasteiger partial charge on any atom is -0.367 e. The quantitative estimate of drug-likeness (QED) is 0.765. The van der Waals surface area contributed by atoms with Crippen molar-refractivity contribution in [1.82, 2.24) is 10.2 Å². The number of rotatable bonds is 6. The Labute approximate surface area is 161 Å². The maximum absolute atomic E-state index is 13.1. The van der Waals surface area contributed by atoms with Crippen LogP contribution >= 0.6 is 11.3 Å². The van der Waals surface area contributed by atoms with Crippen molar-refractivity contribution in [2.75, 3.05) is 19.7 Å². The monoisotopic (exact) mass is 387 g/mol. The molecular formula is C19H21N3O4S. The maximum Gasteiger partial charge on any atom is 0.262 e. The van der Waals surface area contributed by atoms with Crippen LogP contribution in [0.3, 0.4) is 0 Å². The largest absolute Gasteiger partial charge is 0.367 e. The van der Waals surface area contributed by atoms with E-state index in [2.05, 4.69) is 5.32 Å². The molecule has 27 heavy (non-hydrogen) atoms. The lowest BCUT2D eigenvalue weighted by atomic mass is 10.0. The van der Waals surface area contributed by atoms with Crippen molar-refractivity contribution < 1.29 is 19.1 Å². The van der Waals surface area contributed by atoms with Gasteiger partial charge in [-0.25, -0.2) is 0 Å². The summed E-state index contributed by atoms with van der Waals surface area (Å²) < 4.78 is 5.30. The Morgan fingerprint density at radius 1 is 1.22 bits per heavy atom. The summed E-state index contributed by atoms with van der Waals surface area (Å²) in [6, 6.07) is 12.2. The molecule has 1 fully saturated rings. The van der Waals surface area contributed by atoms with Crippen molar-refractivity contribution in [1.29, 1.82) is 0 Å². The number of thiophene rings is 1. The van der Waals surface area contributed by atoms with E-state index in [1.807, 2.05) is 35.7 Å². The van der Waals surface area contributed by atoms with Gasteiger partial charge in [-0.15, -0.1) is 11.3 Å². The fourth-order valence-corrected chi connectivity index (χ4v) is 3.56. The predicted octanol–water partition coefficient (Wildman–Crippen LogP) is 0.802. The minimum atomic E-state index is -0.826. The van der Waals surface area contributed by atoms with E-state index in [1.54, 1.807) is 12.1 Å². The molecular weight excluding hydrogens is 366 g/mol. The molecule has 2 atom stereocenters. The molecule has 7 nitrogen and oxygen atoms in total. The van der Waals surface area contributed by atoms with Crippen molar-refractivity contribution in [3.05, 3.63) is 58.3 Å². The molecule has 8 heteroatoms. The summed E-state index contributed by atoms with van der Waals surface area (Å²) in [5.41, 5.74) is 6.24. The average molecular weight is 387 g/mol. The van der Waals surface area contributed by atoms with Crippen molar-refractivity contribution in [2.45, 2.75) is 18.6 Å². The van der Waals surface area contributed by atoms with Crippen molar-refractivity contribution in [3.63, 3.8) is 0 Å². The fraction of sp³-hybridized carbons (Fsp3) is 0.316. The van der Waals surface area contributed by atoms with Gasteiger partial charge in [0.1, 0.15) is 6.04 Å². The van der Waals surface area contributed by atoms with Gasteiger partial charge in [-0.2, -0.15) is 0 Å². The Kier molecular flexibility index (Phi) is 6.20. The van der Waals surface area contributed by atoms with Gasteiger partial charge in [-0.3, -0.25) is 14.4 Å². The van der Waals surface area contributed by atoms with E-state index in [9.17, 15) is 14.4 Å². The molecule has 0 bridgehead atoms. The Hall–Kier alpha value is -2.71. The van der Waals surface area contributed by atoms with E-state index in [4.69, 9.17) is 10.5 Å². The number of carbonyl (C=O) groups excluding carboxylic acids is 3. The Morgan fingerprint density at radius 2 is 2.00 bits per heavy atom. The van der Waals surface area contributed by atoms with E-state index in [0.717, 1.165) is 5.56 Å². The van der Waals surface area contributed by atoms with Gasteiger partial charge in [0, 0.05) is 13.0 Å². The third kappa shape index (κ3) is 4.93. The van der Waals surface area contributed by atoms with Gasteiger partial charge in [0.2, 0.25) is 11.8 Å². The SMILES string of the molecule is NC(=O)C1CN(C(=O)C(Cc2ccccc2)NC(=O)c2cccs2)CCO1. The van der Waals surface area contributed by atoms with E-state index in [0.29, 0.717) is 17.8 Å². The minimum absolute atomic E-state index is 0.0916. The molecule has 1 aliphatic rings. The van der Waals surface area contributed by atoms with Gasteiger partial charge in [0.15, 0.2) is 6.10 Å². The van der Waals surface area contributed by atoms with Crippen LogP contribution in [0.1, 0.15) is 15.2 Å². The summed E-state index contributed by atoms with van der Waals surface area (Å²) in [6.45, 7) is 0.674. The highest BCUT2D eigenvalue weighted by atomic mass is 32.1. The lowest BCUT2D eigenvalue weighted by molar-refractivity contribution is -0.146. The molecule has 142 valence electrons. The molecule has 3 rings (SSSR count). The molecule has 1 aromatic heterocycles. The highest BCUT2D eigenvalue weighted by Gasteiger charge is 2.32. The first-order chi connectivity index (χ1) is 13.0. The zero-order valence-electron chi connectivity index (χ0n) is 14.7. The van der Waals surface area contributed by atoms with Gasteiger partial charge in [0.25, 0.3) is 5.91 Å². The summed E-state index contributed by atoms with van der Waals surface area (Å²) in [7, 11) is 0. The second kappa shape index (κ2) is 8.79. The third-order valence-electron chi connectivity index (χ3n) is 4.33. The number of nitrogens with zero attached hydrogens (tertiary/aromatic N) is 1. The first-order valence-corrected chi connectivity index (χ1v) is 9.50. The lowest BCUT2D eigenvalue weighted by Gasteiger charge is -2.34. The van der Waals surface area contributed by atoms with Crippen LogP contribution in [0.25, 0.3) is 0 Å². The second-order valence-corrected chi connectivity index (χ2v) is 7.19. The first kappa shape index (κ1) is 19.1.